The van der Waals surface area contributed by atoms with E-state index in [1.807, 2.05) is 54.6 Å². The lowest BCUT2D eigenvalue weighted by Crippen LogP contribution is -2.45. The van der Waals surface area contributed by atoms with Crippen LogP contribution >= 0.6 is 0 Å². The van der Waals surface area contributed by atoms with Crippen molar-refractivity contribution in [2.45, 2.75) is 19.6 Å². The van der Waals surface area contributed by atoms with Gasteiger partial charge in [0.1, 0.15) is 19.0 Å². The van der Waals surface area contributed by atoms with Crippen LogP contribution in [0.2, 0.25) is 0 Å². The van der Waals surface area contributed by atoms with Crippen LogP contribution in [-0.4, -0.2) is 18.6 Å². The number of carbonyl (C=O) groups is 2. The second-order valence-corrected chi connectivity index (χ2v) is 6.27. The van der Waals surface area contributed by atoms with Gasteiger partial charge in [0.05, 0.1) is 11.6 Å². The summed E-state index contributed by atoms with van der Waals surface area (Å²) >= 11 is 0. The lowest BCUT2D eigenvalue weighted by Gasteiger charge is -2.29. The molecule has 2 amide bonds. The van der Waals surface area contributed by atoms with Gasteiger partial charge < -0.3 is 20.1 Å². The molecular formula is C22H22N2O4. The Morgan fingerprint density at radius 1 is 1.14 bits per heavy atom. The van der Waals surface area contributed by atoms with Gasteiger partial charge in [0.2, 0.25) is 0 Å². The molecule has 0 unspecified atom stereocenters. The molecule has 1 heterocycles. The van der Waals surface area contributed by atoms with Gasteiger partial charge in [-0.15, -0.1) is 0 Å². The molecule has 0 fully saturated rings. The van der Waals surface area contributed by atoms with Gasteiger partial charge in [-0.2, -0.15) is 0 Å². The van der Waals surface area contributed by atoms with Crippen LogP contribution in [0.15, 0.2) is 78.5 Å². The molecule has 1 atom stereocenters. The van der Waals surface area contributed by atoms with Crippen LogP contribution in [0.3, 0.4) is 0 Å². The number of rotatable bonds is 7. The maximum absolute atomic E-state index is 12.6. The molecule has 0 radical (unpaired) electrons. The lowest BCUT2D eigenvalue weighted by atomic mass is 9.95. The molecule has 6 heteroatoms. The first kappa shape index (κ1) is 19.2. The average molecular weight is 378 g/mol. The molecule has 0 aromatic heterocycles. The maximum atomic E-state index is 12.6. The summed E-state index contributed by atoms with van der Waals surface area (Å²) in [5, 5.41) is 5.42. The third kappa shape index (κ3) is 4.40. The van der Waals surface area contributed by atoms with Gasteiger partial charge in [0, 0.05) is 11.3 Å². The molecule has 28 heavy (non-hydrogen) atoms. The summed E-state index contributed by atoms with van der Waals surface area (Å²) in [4.78, 5) is 24.7. The van der Waals surface area contributed by atoms with Crippen LogP contribution in [0.4, 0.5) is 4.79 Å². The summed E-state index contributed by atoms with van der Waals surface area (Å²) in [6.07, 6.45) is 1.49. The zero-order chi connectivity index (χ0) is 19.9. The Morgan fingerprint density at radius 3 is 2.61 bits per heavy atom. The van der Waals surface area contributed by atoms with Crippen LogP contribution in [0.5, 0.6) is 5.75 Å². The minimum Gasteiger partial charge on any atom is -0.489 e. The Hall–Kier alpha value is -3.54. The number of ether oxygens (including phenoxy) is 2. The van der Waals surface area contributed by atoms with Crippen LogP contribution < -0.4 is 15.4 Å². The number of para-hydroxylation sites is 1. The van der Waals surface area contributed by atoms with Crippen molar-refractivity contribution in [3.8, 4) is 5.75 Å². The Kier molecular flexibility index (Phi) is 6.11. The highest BCUT2D eigenvalue weighted by atomic mass is 16.5. The van der Waals surface area contributed by atoms with Gasteiger partial charge in [-0.3, -0.25) is 0 Å². The third-order valence-corrected chi connectivity index (χ3v) is 4.29. The van der Waals surface area contributed by atoms with Crippen molar-refractivity contribution in [1.82, 2.24) is 10.6 Å². The largest absolute Gasteiger partial charge is 0.489 e. The fourth-order valence-electron chi connectivity index (χ4n) is 3.00. The Balaban J connectivity index is 1.91. The van der Waals surface area contributed by atoms with E-state index in [0.29, 0.717) is 29.2 Å². The van der Waals surface area contributed by atoms with Gasteiger partial charge in [0.25, 0.3) is 0 Å². The number of hydrogen-bond donors (Lipinski definition) is 2. The van der Waals surface area contributed by atoms with Gasteiger partial charge in [-0.25, -0.2) is 9.59 Å². The van der Waals surface area contributed by atoms with E-state index in [1.54, 1.807) is 6.92 Å². The number of hydrogen-bond acceptors (Lipinski definition) is 4. The molecule has 0 saturated carbocycles. The highest BCUT2D eigenvalue weighted by Crippen LogP contribution is 2.33. The molecule has 0 aliphatic carbocycles. The summed E-state index contributed by atoms with van der Waals surface area (Å²) in [6, 6.07) is 16.0. The summed E-state index contributed by atoms with van der Waals surface area (Å²) in [5.74, 6) is 0.0631. The van der Waals surface area contributed by atoms with E-state index in [2.05, 4.69) is 17.2 Å². The molecular weight excluding hydrogens is 356 g/mol. The van der Waals surface area contributed by atoms with E-state index in [0.717, 1.165) is 5.56 Å². The Morgan fingerprint density at radius 2 is 1.86 bits per heavy atom. The molecule has 6 nitrogen and oxygen atoms in total. The highest BCUT2D eigenvalue weighted by Gasteiger charge is 2.33. The topological polar surface area (TPSA) is 76.7 Å². The smallest absolute Gasteiger partial charge is 0.338 e. The fraction of sp³-hybridized carbons (Fsp3) is 0.182. The molecule has 2 aromatic rings. The maximum Gasteiger partial charge on any atom is 0.338 e. The molecule has 2 aromatic carbocycles. The van der Waals surface area contributed by atoms with Gasteiger partial charge in [-0.1, -0.05) is 61.2 Å². The van der Waals surface area contributed by atoms with Crippen molar-refractivity contribution in [2.75, 3.05) is 6.61 Å². The zero-order valence-electron chi connectivity index (χ0n) is 15.6. The Bertz CT molecular complexity index is 906. The number of esters is 1. The van der Waals surface area contributed by atoms with Crippen LogP contribution in [-0.2, 0) is 16.1 Å². The second-order valence-electron chi connectivity index (χ2n) is 6.27. The lowest BCUT2D eigenvalue weighted by molar-refractivity contribution is -0.138. The van der Waals surface area contributed by atoms with Gasteiger partial charge in [0.15, 0.2) is 0 Å². The predicted octanol–water partition coefficient (Wildman–Crippen LogP) is 3.62. The first-order valence-corrected chi connectivity index (χ1v) is 8.92. The SMILES string of the molecule is C=CCOC(=O)C1=C(C)NC(=O)N[C@H]1c1ccccc1OCc1ccccc1. The number of amides is 2. The standard InChI is InChI=1S/C22H22N2O4/c1-3-13-27-21(25)19-15(2)23-22(26)24-20(19)17-11-7-8-12-18(17)28-14-16-9-5-4-6-10-16/h3-12,20H,1,13-14H2,2H3,(H2,23,24,26)/t20-/m0/s1. The van der Waals surface area contributed by atoms with Crippen LogP contribution in [0, 0.1) is 0 Å². The third-order valence-electron chi connectivity index (χ3n) is 4.29. The molecule has 0 saturated heterocycles. The molecule has 2 N–H and O–H groups in total. The molecule has 144 valence electrons. The minimum atomic E-state index is -0.682. The van der Waals surface area contributed by atoms with Gasteiger partial charge in [-0.05, 0) is 18.6 Å². The molecule has 1 aliphatic heterocycles. The normalized spacial score (nSPS) is 16.0. The van der Waals surface area contributed by atoms with E-state index >= 15 is 0 Å². The second kappa shape index (κ2) is 8.90. The number of benzene rings is 2. The number of allylic oxidation sites excluding steroid dienone is 1. The average Bonchev–Trinajstić information content (AvgIpc) is 2.71. The van der Waals surface area contributed by atoms with Crippen molar-refractivity contribution in [2.24, 2.45) is 0 Å². The van der Waals surface area contributed by atoms with Gasteiger partial charge >= 0.3 is 12.0 Å². The number of carbonyl (C=O) groups excluding carboxylic acids is 2. The first-order chi connectivity index (χ1) is 13.6. The highest BCUT2D eigenvalue weighted by molar-refractivity contribution is 5.95. The van der Waals surface area contributed by atoms with Crippen molar-refractivity contribution < 1.29 is 19.1 Å². The predicted molar refractivity (Wildman–Crippen MR) is 105 cm³/mol. The van der Waals surface area contributed by atoms with Crippen LogP contribution in [0.25, 0.3) is 0 Å². The van der Waals surface area contributed by atoms with E-state index in [4.69, 9.17) is 9.47 Å². The molecule has 0 spiro atoms. The van der Waals surface area contributed by atoms with E-state index < -0.39 is 12.0 Å². The number of urea groups is 1. The summed E-state index contributed by atoms with van der Waals surface area (Å²) < 4.78 is 11.2. The van der Waals surface area contributed by atoms with E-state index in [9.17, 15) is 9.59 Å². The molecule has 0 bridgehead atoms. The zero-order valence-corrected chi connectivity index (χ0v) is 15.6. The van der Waals surface area contributed by atoms with E-state index in [1.165, 1.54) is 6.08 Å². The number of nitrogens with one attached hydrogen (secondary N) is 2. The Labute approximate surface area is 163 Å². The van der Waals surface area contributed by atoms with Crippen LogP contribution in [0.1, 0.15) is 24.1 Å². The van der Waals surface area contributed by atoms with Crippen molar-refractivity contribution in [3.05, 3.63) is 89.6 Å². The van der Waals surface area contributed by atoms with E-state index in [-0.39, 0.29) is 12.6 Å². The summed E-state index contributed by atoms with van der Waals surface area (Å²) in [5.41, 5.74) is 2.47. The summed E-state index contributed by atoms with van der Waals surface area (Å²) in [7, 11) is 0. The minimum absolute atomic E-state index is 0.0857. The molecule has 1 aliphatic rings. The molecule has 3 rings (SSSR count). The fourth-order valence-corrected chi connectivity index (χ4v) is 3.00. The van der Waals surface area contributed by atoms with Crippen molar-refractivity contribution in [3.63, 3.8) is 0 Å². The monoisotopic (exact) mass is 378 g/mol. The summed E-state index contributed by atoms with van der Waals surface area (Å²) in [6.45, 7) is 5.68. The quantitative estimate of drug-likeness (QED) is 0.570. The van der Waals surface area contributed by atoms with Crippen molar-refractivity contribution in [1.29, 1.82) is 0 Å². The van der Waals surface area contributed by atoms with Crippen molar-refractivity contribution >= 4 is 12.0 Å². The first-order valence-electron chi connectivity index (χ1n) is 8.92.